The fourth-order valence-electron chi connectivity index (χ4n) is 2.86. The molecule has 0 spiro atoms. The summed E-state index contributed by atoms with van der Waals surface area (Å²) in [5.41, 5.74) is 1.92. The van der Waals surface area contributed by atoms with Crippen molar-refractivity contribution in [2.24, 2.45) is 4.99 Å². The number of nitrogens with one attached hydrogen (secondary N) is 2. The molecule has 0 saturated carbocycles. The lowest BCUT2D eigenvalue weighted by atomic mass is 10.0. The molecule has 0 bridgehead atoms. The molecule has 0 amide bonds. The van der Waals surface area contributed by atoms with Crippen LogP contribution in [0.3, 0.4) is 0 Å². The van der Waals surface area contributed by atoms with E-state index in [1.807, 2.05) is 25.1 Å². The molecule has 2 aromatic rings. The normalized spacial score (nSPS) is 13.5. The van der Waals surface area contributed by atoms with E-state index in [1.54, 1.807) is 32.4 Å². The van der Waals surface area contributed by atoms with Gasteiger partial charge >= 0.3 is 0 Å². The molecule has 0 aliphatic rings. The zero-order valence-corrected chi connectivity index (χ0v) is 17.1. The predicted octanol–water partition coefficient (Wildman–Crippen LogP) is 3.10. The Bertz CT molecular complexity index is 750. The highest BCUT2D eigenvalue weighted by atomic mass is 16.5. The van der Waals surface area contributed by atoms with Crippen molar-refractivity contribution in [1.82, 2.24) is 10.6 Å². The maximum atomic E-state index is 10.6. The minimum absolute atomic E-state index is 0.301. The summed E-state index contributed by atoms with van der Waals surface area (Å²) in [6, 6.07) is 15.7. The van der Waals surface area contributed by atoms with Crippen LogP contribution in [-0.4, -0.2) is 44.9 Å². The van der Waals surface area contributed by atoms with Crippen LogP contribution >= 0.6 is 0 Å². The molecule has 28 heavy (non-hydrogen) atoms. The van der Waals surface area contributed by atoms with Crippen molar-refractivity contribution in [3.8, 4) is 11.5 Å². The number of hydrogen-bond donors (Lipinski definition) is 3. The molecule has 2 atom stereocenters. The fourth-order valence-corrected chi connectivity index (χ4v) is 2.86. The minimum atomic E-state index is -0.763. The van der Waals surface area contributed by atoms with Gasteiger partial charge in [0.2, 0.25) is 0 Å². The van der Waals surface area contributed by atoms with Crippen molar-refractivity contribution in [3.05, 3.63) is 59.7 Å². The molecule has 0 radical (unpaired) electrons. The number of aliphatic imine (C=N–C) groups is 1. The second-order valence-electron chi connectivity index (χ2n) is 6.54. The quantitative estimate of drug-likeness (QED) is 0.457. The van der Waals surface area contributed by atoms with E-state index in [9.17, 15) is 5.11 Å². The van der Waals surface area contributed by atoms with Crippen LogP contribution in [0.15, 0.2) is 53.5 Å². The summed E-state index contributed by atoms with van der Waals surface area (Å²) in [5, 5.41) is 17.1. The van der Waals surface area contributed by atoms with E-state index in [4.69, 9.17) is 9.47 Å². The van der Waals surface area contributed by atoms with Crippen LogP contribution in [0.1, 0.15) is 37.0 Å². The first-order chi connectivity index (χ1) is 13.6. The third-order valence-corrected chi connectivity index (χ3v) is 4.49. The number of aliphatic hydroxyl groups excluding tert-OH is 1. The second kappa shape index (κ2) is 11.2. The van der Waals surface area contributed by atoms with Gasteiger partial charge in [0.25, 0.3) is 0 Å². The third kappa shape index (κ3) is 6.16. The van der Waals surface area contributed by atoms with Crippen molar-refractivity contribution in [2.75, 3.05) is 33.9 Å². The average Bonchev–Trinajstić information content (AvgIpc) is 2.75. The monoisotopic (exact) mass is 385 g/mol. The van der Waals surface area contributed by atoms with Gasteiger partial charge in [-0.05, 0) is 30.7 Å². The first kappa shape index (κ1) is 21.6. The number of benzene rings is 2. The largest absolute Gasteiger partial charge is 0.497 e. The standard InChI is InChI=1S/C22H31N3O3/c1-5-23-22(24-14-16(2)17-9-7-6-8-10-17)25-15-20(26)19-13-18(27-3)11-12-21(19)28-4/h6-13,16,20,26H,5,14-15H2,1-4H3,(H2,23,24,25). The number of aliphatic hydroxyl groups is 1. The van der Waals surface area contributed by atoms with E-state index in [-0.39, 0.29) is 0 Å². The van der Waals surface area contributed by atoms with E-state index in [1.165, 1.54) is 5.56 Å². The van der Waals surface area contributed by atoms with E-state index >= 15 is 0 Å². The fraction of sp³-hybridized carbons (Fsp3) is 0.409. The summed E-state index contributed by atoms with van der Waals surface area (Å²) >= 11 is 0. The van der Waals surface area contributed by atoms with Crippen LogP contribution in [0.4, 0.5) is 0 Å². The van der Waals surface area contributed by atoms with Crippen LogP contribution in [0.2, 0.25) is 0 Å². The second-order valence-corrected chi connectivity index (χ2v) is 6.54. The van der Waals surface area contributed by atoms with Crippen LogP contribution in [0.5, 0.6) is 11.5 Å². The Morgan fingerprint density at radius 3 is 2.46 bits per heavy atom. The molecule has 0 fully saturated rings. The Morgan fingerprint density at radius 1 is 1.07 bits per heavy atom. The Kier molecular flexibility index (Phi) is 8.62. The summed E-state index contributed by atoms with van der Waals surface area (Å²) < 4.78 is 10.6. The van der Waals surface area contributed by atoms with Crippen molar-refractivity contribution < 1.29 is 14.6 Å². The zero-order chi connectivity index (χ0) is 20.4. The first-order valence-corrected chi connectivity index (χ1v) is 9.56. The maximum Gasteiger partial charge on any atom is 0.191 e. The van der Waals surface area contributed by atoms with Crippen LogP contribution in [0.25, 0.3) is 0 Å². The molecule has 0 saturated heterocycles. The SMILES string of the molecule is CCNC(=NCC(C)c1ccccc1)NCC(O)c1cc(OC)ccc1OC. The van der Waals surface area contributed by atoms with Gasteiger partial charge in [-0.3, -0.25) is 4.99 Å². The third-order valence-electron chi connectivity index (χ3n) is 4.49. The average molecular weight is 386 g/mol. The Labute approximate surface area is 167 Å². The molecule has 2 rings (SSSR count). The lowest BCUT2D eigenvalue weighted by molar-refractivity contribution is 0.176. The van der Waals surface area contributed by atoms with Gasteiger partial charge < -0.3 is 25.2 Å². The van der Waals surface area contributed by atoms with Crippen LogP contribution in [0, 0.1) is 0 Å². The molecule has 0 aliphatic carbocycles. The number of guanidine groups is 1. The highest BCUT2D eigenvalue weighted by Crippen LogP contribution is 2.29. The van der Waals surface area contributed by atoms with Gasteiger partial charge in [-0.2, -0.15) is 0 Å². The number of rotatable bonds is 9. The molecule has 152 valence electrons. The molecule has 2 unspecified atom stereocenters. The topological polar surface area (TPSA) is 75.1 Å². The van der Waals surface area contributed by atoms with Gasteiger partial charge in [-0.25, -0.2) is 0 Å². The molecule has 0 heterocycles. The van der Waals surface area contributed by atoms with Gasteiger partial charge in [-0.1, -0.05) is 37.3 Å². The summed E-state index contributed by atoms with van der Waals surface area (Å²) in [4.78, 5) is 4.66. The molecular formula is C22H31N3O3. The van der Waals surface area contributed by atoms with E-state index in [0.717, 1.165) is 6.54 Å². The Morgan fingerprint density at radius 2 is 1.82 bits per heavy atom. The molecule has 0 aliphatic heterocycles. The smallest absolute Gasteiger partial charge is 0.191 e. The van der Waals surface area contributed by atoms with Gasteiger partial charge in [0.05, 0.1) is 20.3 Å². The summed E-state index contributed by atoms with van der Waals surface area (Å²) in [6.45, 7) is 5.86. The van der Waals surface area contributed by atoms with Crippen molar-refractivity contribution >= 4 is 5.96 Å². The predicted molar refractivity (Wildman–Crippen MR) is 113 cm³/mol. The molecule has 2 aromatic carbocycles. The maximum absolute atomic E-state index is 10.6. The van der Waals surface area contributed by atoms with Crippen LogP contribution < -0.4 is 20.1 Å². The molecular weight excluding hydrogens is 354 g/mol. The summed E-state index contributed by atoms with van der Waals surface area (Å²) in [5.74, 6) is 2.27. The molecule has 3 N–H and O–H groups in total. The number of hydrogen-bond acceptors (Lipinski definition) is 4. The van der Waals surface area contributed by atoms with Gasteiger partial charge in [0, 0.05) is 31.1 Å². The molecule has 6 heteroatoms. The van der Waals surface area contributed by atoms with Gasteiger partial charge in [0.15, 0.2) is 5.96 Å². The van der Waals surface area contributed by atoms with E-state index in [0.29, 0.717) is 42.0 Å². The summed E-state index contributed by atoms with van der Waals surface area (Å²) in [7, 11) is 3.18. The molecule has 6 nitrogen and oxygen atoms in total. The lowest BCUT2D eigenvalue weighted by Crippen LogP contribution is -2.39. The number of methoxy groups -OCH3 is 2. The lowest BCUT2D eigenvalue weighted by Gasteiger charge is -2.19. The Balaban J connectivity index is 2.02. The van der Waals surface area contributed by atoms with Crippen molar-refractivity contribution in [1.29, 1.82) is 0 Å². The van der Waals surface area contributed by atoms with Crippen molar-refractivity contribution in [2.45, 2.75) is 25.9 Å². The number of ether oxygens (including phenoxy) is 2. The highest BCUT2D eigenvalue weighted by Gasteiger charge is 2.15. The molecule has 0 aromatic heterocycles. The van der Waals surface area contributed by atoms with E-state index < -0.39 is 6.10 Å². The van der Waals surface area contributed by atoms with E-state index in [2.05, 4.69) is 34.7 Å². The summed E-state index contributed by atoms with van der Waals surface area (Å²) in [6.07, 6.45) is -0.763. The zero-order valence-electron chi connectivity index (χ0n) is 17.1. The van der Waals surface area contributed by atoms with Gasteiger partial charge in [-0.15, -0.1) is 0 Å². The number of nitrogens with zero attached hydrogens (tertiary/aromatic N) is 1. The first-order valence-electron chi connectivity index (χ1n) is 9.56. The highest BCUT2D eigenvalue weighted by molar-refractivity contribution is 5.79. The minimum Gasteiger partial charge on any atom is -0.497 e. The Hall–Kier alpha value is -2.73. The van der Waals surface area contributed by atoms with Crippen molar-refractivity contribution in [3.63, 3.8) is 0 Å². The van der Waals surface area contributed by atoms with Crippen LogP contribution in [-0.2, 0) is 0 Å². The van der Waals surface area contributed by atoms with Gasteiger partial charge in [0.1, 0.15) is 11.5 Å².